The molecule has 0 bridgehead atoms. The second-order valence-electron chi connectivity index (χ2n) is 5.05. The summed E-state index contributed by atoms with van der Waals surface area (Å²) in [6.07, 6.45) is 7.95. The SMILES string of the molecule is O=C(O)CSc1nc(=O)ccn1CCOC1CCCCC1. The van der Waals surface area contributed by atoms with Gasteiger partial charge >= 0.3 is 5.97 Å². The summed E-state index contributed by atoms with van der Waals surface area (Å²) in [5, 5.41) is 9.15. The third-order valence-electron chi connectivity index (χ3n) is 3.41. The molecule has 1 saturated carbocycles. The lowest BCUT2D eigenvalue weighted by Crippen LogP contribution is -2.21. The molecule has 116 valence electrons. The van der Waals surface area contributed by atoms with Gasteiger partial charge in [0.15, 0.2) is 5.16 Å². The van der Waals surface area contributed by atoms with Crippen LogP contribution in [0.4, 0.5) is 0 Å². The van der Waals surface area contributed by atoms with Gasteiger partial charge in [-0.25, -0.2) is 0 Å². The Bertz CT molecular complexity index is 526. The number of carbonyl (C=O) groups is 1. The van der Waals surface area contributed by atoms with Crippen LogP contribution in [0.15, 0.2) is 22.2 Å². The normalized spacial score (nSPS) is 16.0. The Kier molecular flexibility index (Phi) is 6.25. The highest BCUT2D eigenvalue weighted by Gasteiger charge is 2.13. The summed E-state index contributed by atoms with van der Waals surface area (Å²) in [5.74, 6) is -1.04. The van der Waals surface area contributed by atoms with Crippen molar-refractivity contribution in [2.45, 2.75) is 49.9 Å². The topological polar surface area (TPSA) is 81.4 Å². The highest BCUT2D eigenvalue weighted by molar-refractivity contribution is 7.99. The number of aromatic nitrogens is 2. The summed E-state index contributed by atoms with van der Waals surface area (Å²) in [4.78, 5) is 25.8. The van der Waals surface area contributed by atoms with Crippen LogP contribution in [-0.4, -0.2) is 39.1 Å². The number of thioether (sulfide) groups is 1. The largest absolute Gasteiger partial charge is 0.481 e. The van der Waals surface area contributed by atoms with Gasteiger partial charge in [-0.2, -0.15) is 4.98 Å². The molecule has 6 nitrogen and oxygen atoms in total. The highest BCUT2D eigenvalue weighted by atomic mass is 32.2. The zero-order valence-corrected chi connectivity index (χ0v) is 12.7. The minimum absolute atomic E-state index is 0.111. The molecule has 1 heterocycles. The van der Waals surface area contributed by atoms with Gasteiger partial charge in [-0.1, -0.05) is 31.0 Å². The molecule has 0 radical (unpaired) electrons. The van der Waals surface area contributed by atoms with E-state index in [4.69, 9.17) is 9.84 Å². The monoisotopic (exact) mass is 312 g/mol. The van der Waals surface area contributed by atoms with Crippen LogP contribution in [0.1, 0.15) is 32.1 Å². The molecule has 0 saturated heterocycles. The van der Waals surface area contributed by atoms with Crippen LogP contribution in [0.25, 0.3) is 0 Å². The Hall–Kier alpha value is -1.34. The first-order valence-corrected chi connectivity index (χ1v) is 8.17. The summed E-state index contributed by atoms with van der Waals surface area (Å²) in [5.41, 5.74) is -0.354. The molecule has 0 aromatic carbocycles. The van der Waals surface area contributed by atoms with Crippen LogP contribution < -0.4 is 5.56 Å². The lowest BCUT2D eigenvalue weighted by molar-refractivity contribution is -0.133. The number of rotatable bonds is 7. The minimum atomic E-state index is -0.928. The molecule has 1 N–H and O–H groups in total. The van der Waals surface area contributed by atoms with E-state index in [2.05, 4.69) is 4.98 Å². The Labute approximate surface area is 127 Å². The van der Waals surface area contributed by atoms with Crippen LogP contribution in [0, 0.1) is 0 Å². The predicted molar refractivity (Wildman–Crippen MR) is 79.7 cm³/mol. The van der Waals surface area contributed by atoms with Gasteiger partial charge in [0.2, 0.25) is 0 Å². The number of ether oxygens (including phenoxy) is 1. The molecule has 21 heavy (non-hydrogen) atoms. The first-order valence-electron chi connectivity index (χ1n) is 7.19. The number of nitrogens with zero attached hydrogens (tertiary/aromatic N) is 2. The van der Waals surface area contributed by atoms with Crippen molar-refractivity contribution < 1.29 is 14.6 Å². The fraction of sp³-hybridized carbons (Fsp3) is 0.643. The van der Waals surface area contributed by atoms with Crippen LogP contribution in [0.5, 0.6) is 0 Å². The van der Waals surface area contributed by atoms with E-state index in [1.165, 1.54) is 25.3 Å². The van der Waals surface area contributed by atoms with Crippen molar-refractivity contribution in [3.63, 3.8) is 0 Å². The average Bonchev–Trinajstić information content (AvgIpc) is 2.48. The standard InChI is InChI=1S/C14H20N2O4S/c17-12-6-7-16(14(15-12)21-10-13(18)19)8-9-20-11-4-2-1-3-5-11/h6-7,11H,1-5,8-10H2,(H,18,19). The van der Waals surface area contributed by atoms with Gasteiger partial charge in [0.05, 0.1) is 18.5 Å². The van der Waals surface area contributed by atoms with E-state index in [9.17, 15) is 9.59 Å². The quantitative estimate of drug-likeness (QED) is 0.610. The number of hydrogen-bond acceptors (Lipinski definition) is 5. The number of aliphatic carboxylic acids is 1. The molecule has 1 aliphatic carbocycles. The molecule has 1 fully saturated rings. The Morgan fingerprint density at radius 3 is 2.90 bits per heavy atom. The van der Waals surface area contributed by atoms with Crippen molar-refractivity contribution in [2.75, 3.05) is 12.4 Å². The predicted octanol–water partition coefficient (Wildman–Crippen LogP) is 1.77. The van der Waals surface area contributed by atoms with Crippen molar-refractivity contribution in [3.05, 3.63) is 22.6 Å². The van der Waals surface area contributed by atoms with Crippen molar-refractivity contribution >= 4 is 17.7 Å². The van der Waals surface area contributed by atoms with Crippen LogP contribution in [0.3, 0.4) is 0 Å². The maximum atomic E-state index is 11.3. The van der Waals surface area contributed by atoms with E-state index >= 15 is 0 Å². The zero-order valence-electron chi connectivity index (χ0n) is 11.9. The van der Waals surface area contributed by atoms with Gasteiger partial charge in [0.25, 0.3) is 5.56 Å². The van der Waals surface area contributed by atoms with Gasteiger partial charge in [0, 0.05) is 18.8 Å². The maximum absolute atomic E-state index is 11.3. The summed E-state index contributed by atoms with van der Waals surface area (Å²) in [6.45, 7) is 1.13. The molecule has 0 amide bonds. The van der Waals surface area contributed by atoms with E-state index in [0.29, 0.717) is 24.4 Å². The third-order valence-corrected chi connectivity index (χ3v) is 4.39. The summed E-state index contributed by atoms with van der Waals surface area (Å²) < 4.78 is 7.62. The van der Waals surface area contributed by atoms with E-state index < -0.39 is 5.97 Å². The van der Waals surface area contributed by atoms with Crippen molar-refractivity contribution in [1.29, 1.82) is 0 Å². The van der Waals surface area contributed by atoms with E-state index in [1.54, 1.807) is 10.8 Å². The molecule has 2 rings (SSSR count). The average molecular weight is 312 g/mol. The van der Waals surface area contributed by atoms with E-state index in [1.807, 2.05) is 0 Å². The van der Waals surface area contributed by atoms with Gasteiger partial charge in [-0.05, 0) is 12.8 Å². The number of carboxylic acid groups (broad SMARTS) is 1. The minimum Gasteiger partial charge on any atom is -0.481 e. The van der Waals surface area contributed by atoms with Gasteiger partial charge in [-0.15, -0.1) is 0 Å². The summed E-state index contributed by atoms with van der Waals surface area (Å²) in [7, 11) is 0. The number of hydrogen-bond donors (Lipinski definition) is 1. The first kappa shape index (κ1) is 16.0. The molecular formula is C14H20N2O4S. The van der Waals surface area contributed by atoms with Crippen LogP contribution >= 0.6 is 11.8 Å². The molecule has 0 spiro atoms. The smallest absolute Gasteiger partial charge is 0.313 e. The molecule has 0 unspecified atom stereocenters. The Morgan fingerprint density at radius 2 is 2.19 bits per heavy atom. The molecule has 0 aliphatic heterocycles. The maximum Gasteiger partial charge on any atom is 0.313 e. The lowest BCUT2D eigenvalue weighted by atomic mass is 9.98. The van der Waals surface area contributed by atoms with Gasteiger partial charge in [0.1, 0.15) is 0 Å². The lowest BCUT2D eigenvalue weighted by Gasteiger charge is -2.22. The molecule has 7 heteroatoms. The second-order valence-corrected chi connectivity index (χ2v) is 6.00. The summed E-state index contributed by atoms with van der Waals surface area (Å²) >= 11 is 1.05. The zero-order chi connectivity index (χ0) is 15.1. The van der Waals surface area contributed by atoms with E-state index in [-0.39, 0.29) is 11.3 Å². The summed E-state index contributed by atoms with van der Waals surface area (Å²) in [6, 6.07) is 1.38. The fourth-order valence-electron chi connectivity index (χ4n) is 2.37. The Balaban J connectivity index is 1.88. The molecule has 0 atom stereocenters. The van der Waals surface area contributed by atoms with Gasteiger partial charge < -0.3 is 14.4 Å². The molecule has 1 aliphatic rings. The van der Waals surface area contributed by atoms with Crippen LogP contribution in [-0.2, 0) is 16.1 Å². The van der Waals surface area contributed by atoms with Crippen molar-refractivity contribution in [2.24, 2.45) is 0 Å². The Morgan fingerprint density at radius 1 is 1.43 bits per heavy atom. The molecular weight excluding hydrogens is 292 g/mol. The van der Waals surface area contributed by atoms with Crippen molar-refractivity contribution in [1.82, 2.24) is 9.55 Å². The fourth-order valence-corrected chi connectivity index (χ4v) is 3.10. The van der Waals surface area contributed by atoms with E-state index in [0.717, 1.165) is 24.6 Å². The molecule has 1 aromatic rings. The highest BCUT2D eigenvalue weighted by Crippen LogP contribution is 2.20. The van der Waals surface area contributed by atoms with Gasteiger partial charge in [-0.3, -0.25) is 9.59 Å². The third kappa shape index (κ3) is 5.51. The first-order chi connectivity index (χ1) is 10.1. The number of carboxylic acids is 1. The second kappa shape index (κ2) is 8.19. The van der Waals surface area contributed by atoms with Crippen molar-refractivity contribution in [3.8, 4) is 0 Å². The molecule has 1 aromatic heterocycles. The van der Waals surface area contributed by atoms with Crippen LogP contribution in [0.2, 0.25) is 0 Å².